The van der Waals surface area contributed by atoms with Crippen molar-refractivity contribution in [1.82, 2.24) is 0 Å². The molecule has 1 radical (unpaired) electrons. The molecular formula is C12H14F. The standard InChI is InChI=1S/C12H14F/c1-8(2)10-4-3-5-11(13)12(10)9-6-7-9/h3-5,8-9H,1,6-7H2,2H3. The molecular weight excluding hydrogens is 163 g/mol. The van der Waals surface area contributed by atoms with Crippen molar-refractivity contribution in [3.63, 3.8) is 0 Å². The van der Waals surface area contributed by atoms with E-state index in [-0.39, 0.29) is 11.7 Å². The van der Waals surface area contributed by atoms with Crippen molar-refractivity contribution in [1.29, 1.82) is 0 Å². The quantitative estimate of drug-likeness (QED) is 0.647. The minimum Gasteiger partial charge on any atom is -0.207 e. The van der Waals surface area contributed by atoms with E-state index in [2.05, 4.69) is 6.92 Å². The summed E-state index contributed by atoms with van der Waals surface area (Å²) >= 11 is 0. The molecule has 0 amide bonds. The maximum absolute atomic E-state index is 13.5. The van der Waals surface area contributed by atoms with Crippen molar-refractivity contribution in [3.8, 4) is 0 Å². The van der Waals surface area contributed by atoms with E-state index in [4.69, 9.17) is 0 Å². The topological polar surface area (TPSA) is 0 Å². The number of benzene rings is 1. The molecule has 0 N–H and O–H groups in total. The smallest absolute Gasteiger partial charge is 0.126 e. The Bertz CT molecular complexity index is 311. The predicted octanol–water partition coefficient (Wildman–Crippen LogP) is 3.64. The summed E-state index contributed by atoms with van der Waals surface area (Å²) in [7, 11) is 0. The summed E-state index contributed by atoms with van der Waals surface area (Å²) in [6.45, 7) is 5.97. The first kappa shape index (κ1) is 8.74. The second kappa shape index (κ2) is 3.13. The maximum Gasteiger partial charge on any atom is 0.126 e. The van der Waals surface area contributed by atoms with E-state index < -0.39 is 0 Å². The Kier molecular flexibility index (Phi) is 2.10. The Morgan fingerprint density at radius 3 is 2.69 bits per heavy atom. The Morgan fingerprint density at radius 2 is 2.15 bits per heavy atom. The maximum atomic E-state index is 13.5. The highest BCUT2D eigenvalue weighted by atomic mass is 19.1. The fraction of sp³-hybridized carbons (Fsp3) is 0.417. The minimum absolute atomic E-state index is 0.0458. The van der Waals surface area contributed by atoms with Crippen LogP contribution in [-0.4, -0.2) is 0 Å². The fourth-order valence-electron chi connectivity index (χ4n) is 1.79. The molecule has 1 unspecified atom stereocenters. The lowest BCUT2D eigenvalue weighted by Crippen LogP contribution is -1.98. The van der Waals surface area contributed by atoms with Gasteiger partial charge in [0.05, 0.1) is 0 Å². The molecule has 69 valence electrons. The number of hydrogen-bond acceptors (Lipinski definition) is 0. The third-order valence-electron chi connectivity index (χ3n) is 2.60. The zero-order valence-electron chi connectivity index (χ0n) is 7.89. The van der Waals surface area contributed by atoms with Gasteiger partial charge in [0.15, 0.2) is 0 Å². The summed E-state index contributed by atoms with van der Waals surface area (Å²) in [5, 5.41) is 0. The first-order valence-corrected chi connectivity index (χ1v) is 4.81. The largest absolute Gasteiger partial charge is 0.207 e. The first-order valence-electron chi connectivity index (χ1n) is 4.81. The van der Waals surface area contributed by atoms with Crippen LogP contribution in [0.15, 0.2) is 18.2 Å². The normalized spacial score (nSPS) is 16.6. The van der Waals surface area contributed by atoms with Crippen LogP contribution in [-0.2, 0) is 0 Å². The van der Waals surface area contributed by atoms with Crippen molar-refractivity contribution in [2.75, 3.05) is 0 Å². The highest BCUT2D eigenvalue weighted by Crippen LogP contribution is 2.44. The third-order valence-corrected chi connectivity index (χ3v) is 2.60. The molecule has 1 atom stereocenters. The zero-order chi connectivity index (χ0) is 9.42. The molecule has 0 spiro atoms. The molecule has 0 aliphatic heterocycles. The van der Waals surface area contributed by atoms with E-state index in [1.165, 1.54) is 0 Å². The molecule has 0 aromatic heterocycles. The van der Waals surface area contributed by atoms with Crippen molar-refractivity contribution in [2.24, 2.45) is 0 Å². The van der Waals surface area contributed by atoms with Crippen molar-refractivity contribution in [3.05, 3.63) is 42.1 Å². The first-order chi connectivity index (χ1) is 6.20. The van der Waals surface area contributed by atoms with E-state index in [1.807, 2.05) is 13.0 Å². The highest BCUT2D eigenvalue weighted by Gasteiger charge is 2.29. The third kappa shape index (κ3) is 1.60. The van der Waals surface area contributed by atoms with Crippen LogP contribution < -0.4 is 0 Å². The van der Waals surface area contributed by atoms with Gasteiger partial charge in [0, 0.05) is 0 Å². The van der Waals surface area contributed by atoms with E-state index in [0.29, 0.717) is 5.92 Å². The number of halogens is 1. The molecule has 13 heavy (non-hydrogen) atoms. The fourth-order valence-corrected chi connectivity index (χ4v) is 1.79. The summed E-state index contributed by atoms with van der Waals surface area (Å²) in [5.41, 5.74) is 2.01. The number of rotatable bonds is 2. The van der Waals surface area contributed by atoms with Crippen LogP contribution in [0.25, 0.3) is 0 Å². The van der Waals surface area contributed by atoms with Gasteiger partial charge in [-0.05, 0) is 48.8 Å². The lowest BCUT2D eigenvalue weighted by molar-refractivity contribution is 0.605. The molecule has 1 heteroatoms. The lowest BCUT2D eigenvalue weighted by Gasteiger charge is -2.12. The van der Waals surface area contributed by atoms with E-state index in [0.717, 1.165) is 24.0 Å². The summed E-state index contributed by atoms with van der Waals surface area (Å²) in [6.07, 6.45) is 2.28. The van der Waals surface area contributed by atoms with Gasteiger partial charge in [-0.15, -0.1) is 0 Å². The molecule has 0 bridgehead atoms. The number of hydrogen-bond donors (Lipinski definition) is 0. The Morgan fingerprint density at radius 1 is 1.46 bits per heavy atom. The predicted molar refractivity (Wildman–Crippen MR) is 52.1 cm³/mol. The van der Waals surface area contributed by atoms with Gasteiger partial charge in [-0.3, -0.25) is 0 Å². The molecule has 1 fully saturated rings. The van der Waals surface area contributed by atoms with Crippen LogP contribution in [0.2, 0.25) is 0 Å². The zero-order valence-corrected chi connectivity index (χ0v) is 7.89. The van der Waals surface area contributed by atoms with Gasteiger partial charge in [-0.1, -0.05) is 19.1 Å². The van der Waals surface area contributed by atoms with Crippen molar-refractivity contribution >= 4 is 0 Å². The second-order valence-electron chi connectivity index (χ2n) is 3.92. The van der Waals surface area contributed by atoms with Crippen LogP contribution in [0.1, 0.15) is 42.7 Å². The Hall–Kier alpha value is -0.850. The average molecular weight is 177 g/mol. The molecule has 1 aromatic rings. The van der Waals surface area contributed by atoms with E-state index in [9.17, 15) is 4.39 Å². The van der Waals surface area contributed by atoms with Gasteiger partial charge in [0.2, 0.25) is 0 Å². The summed E-state index contributed by atoms with van der Waals surface area (Å²) in [5.74, 6) is 0.613. The average Bonchev–Trinajstić information content (AvgIpc) is 2.86. The van der Waals surface area contributed by atoms with Gasteiger partial charge >= 0.3 is 0 Å². The molecule has 1 aromatic carbocycles. The van der Waals surface area contributed by atoms with Crippen molar-refractivity contribution < 1.29 is 4.39 Å². The Labute approximate surface area is 78.8 Å². The van der Waals surface area contributed by atoms with Gasteiger partial charge in [0.25, 0.3) is 0 Å². The van der Waals surface area contributed by atoms with E-state index in [1.54, 1.807) is 12.1 Å². The Balaban J connectivity index is 2.47. The van der Waals surface area contributed by atoms with Crippen molar-refractivity contribution in [2.45, 2.75) is 31.6 Å². The minimum atomic E-state index is -0.0458. The van der Waals surface area contributed by atoms with Gasteiger partial charge in [-0.2, -0.15) is 0 Å². The molecule has 1 saturated carbocycles. The molecule has 1 aliphatic rings. The monoisotopic (exact) mass is 177 g/mol. The summed E-state index contributed by atoms with van der Waals surface area (Å²) in [4.78, 5) is 0. The molecule has 2 rings (SSSR count). The van der Waals surface area contributed by atoms with Crippen LogP contribution in [0.4, 0.5) is 4.39 Å². The summed E-state index contributed by atoms with van der Waals surface area (Å²) < 4.78 is 13.5. The lowest BCUT2D eigenvalue weighted by atomic mass is 9.94. The van der Waals surface area contributed by atoms with Gasteiger partial charge in [0.1, 0.15) is 5.82 Å². The second-order valence-corrected chi connectivity index (χ2v) is 3.92. The van der Waals surface area contributed by atoms with Crippen LogP contribution in [0.3, 0.4) is 0 Å². The molecule has 0 saturated heterocycles. The van der Waals surface area contributed by atoms with Crippen LogP contribution in [0, 0.1) is 12.7 Å². The molecule has 1 aliphatic carbocycles. The van der Waals surface area contributed by atoms with Gasteiger partial charge < -0.3 is 0 Å². The highest BCUT2D eigenvalue weighted by molar-refractivity contribution is 5.37. The molecule has 0 heterocycles. The molecule has 0 nitrogen and oxygen atoms in total. The van der Waals surface area contributed by atoms with E-state index >= 15 is 0 Å². The van der Waals surface area contributed by atoms with Crippen LogP contribution in [0.5, 0.6) is 0 Å². The van der Waals surface area contributed by atoms with Gasteiger partial charge in [-0.25, -0.2) is 4.39 Å². The SMILES string of the molecule is [CH2]C(C)c1cccc(F)c1C1CC1. The summed E-state index contributed by atoms with van der Waals surface area (Å²) in [6, 6.07) is 5.33. The van der Waals surface area contributed by atoms with Crippen LogP contribution >= 0.6 is 0 Å².